The van der Waals surface area contributed by atoms with Crippen LogP contribution in [0.3, 0.4) is 0 Å². The number of ether oxygens (including phenoxy) is 1. The van der Waals surface area contributed by atoms with Gasteiger partial charge in [0.05, 0.1) is 24.5 Å². The van der Waals surface area contributed by atoms with Crippen LogP contribution in [0.15, 0.2) is 78.9 Å². The average Bonchev–Trinajstić information content (AvgIpc) is 3.41. The van der Waals surface area contributed by atoms with Crippen LogP contribution < -0.4 is 0 Å². The number of carbonyl (C=O) groups is 4. The van der Waals surface area contributed by atoms with Crippen LogP contribution in [-0.4, -0.2) is 33.9 Å². The Kier molecular flexibility index (Phi) is 4.44. The smallest absolute Gasteiger partial charge is 0.237 e. The van der Waals surface area contributed by atoms with E-state index in [4.69, 9.17) is 4.74 Å². The minimum Gasteiger partial charge on any atom is -0.349 e. The molecule has 0 saturated carbocycles. The number of carbonyl (C=O) groups excluding carboxylic acids is 4. The maximum Gasteiger partial charge on any atom is 0.237 e. The molecule has 1 spiro atoms. The summed E-state index contributed by atoms with van der Waals surface area (Å²) in [4.78, 5) is 56.0. The number of rotatable bonds is 3. The number of fused-ring (bicyclic) bond motifs is 3. The van der Waals surface area contributed by atoms with Gasteiger partial charge in [-0.25, -0.2) is 0 Å². The number of aryl methyl sites for hydroxylation is 1. The average molecular weight is 451 g/mol. The van der Waals surface area contributed by atoms with Gasteiger partial charge in [-0.1, -0.05) is 84.4 Å². The second-order valence-electron chi connectivity index (χ2n) is 9.14. The number of amides is 2. The Morgan fingerprint density at radius 3 is 1.97 bits per heavy atom. The number of ketones is 2. The maximum absolute atomic E-state index is 13.8. The maximum atomic E-state index is 13.8. The van der Waals surface area contributed by atoms with E-state index in [9.17, 15) is 19.2 Å². The first-order chi connectivity index (χ1) is 16.4. The van der Waals surface area contributed by atoms with Crippen molar-refractivity contribution in [3.8, 4) is 0 Å². The van der Waals surface area contributed by atoms with E-state index in [-0.39, 0.29) is 17.7 Å². The van der Waals surface area contributed by atoms with Crippen LogP contribution in [0.4, 0.5) is 0 Å². The highest BCUT2D eigenvalue weighted by atomic mass is 16.5. The Bertz CT molecular complexity index is 1330. The molecule has 6 rings (SSSR count). The highest BCUT2D eigenvalue weighted by Gasteiger charge is 2.74. The van der Waals surface area contributed by atoms with Gasteiger partial charge in [0.2, 0.25) is 29.0 Å². The largest absolute Gasteiger partial charge is 0.349 e. The second kappa shape index (κ2) is 7.30. The molecule has 3 aromatic rings. The molecule has 2 amide bonds. The normalized spacial score (nSPS) is 24.7. The zero-order chi connectivity index (χ0) is 23.6. The third-order valence-corrected chi connectivity index (χ3v) is 7.20. The third-order valence-electron chi connectivity index (χ3n) is 7.20. The lowest BCUT2D eigenvalue weighted by molar-refractivity contribution is -0.145. The number of hydrogen-bond acceptors (Lipinski definition) is 5. The van der Waals surface area contributed by atoms with E-state index in [0.29, 0.717) is 5.56 Å². The van der Waals surface area contributed by atoms with Crippen LogP contribution in [0.5, 0.6) is 0 Å². The number of hydrogen-bond donors (Lipinski definition) is 0. The summed E-state index contributed by atoms with van der Waals surface area (Å²) in [6, 6.07) is 23.1. The summed E-state index contributed by atoms with van der Waals surface area (Å²) in [6.45, 7) is 2.02. The predicted molar refractivity (Wildman–Crippen MR) is 122 cm³/mol. The van der Waals surface area contributed by atoms with E-state index in [1.165, 1.54) is 4.90 Å². The SMILES string of the molecule is Cc1ccc([C@H]2OC3(C(=O)c4ccccc4C3=O)[C@H]3C(=O)N(Cc4ccccc4)C(=O)[C@H]23)cc1. The molecular formula is C28H21NO5. The molecule has 2 aliphatic heterocycles. The Morgan fingerprint density at radius 2 is 1.35 bits per heavy atom. The minimum absolute atomic E-state index is 0.0809. The monoisotopic (exact) mass is 451 g/mol. The van der Waals surface area contributed by atoms with Crippen LogP contribution in [0.1, 0.15) is 43.5 Å². The van der Waals surface area contributed by atoms with E-state index >= 15 is 0 Å². The Balaban J connectivity index is 1.49. The Morgan fingerprint density at radius 1 is 0.765 bits per heavy atom. The van der Waals surface area contributed by atoms with Gasteiger partial charge < -0.3 is 4.74 Å². The van der Waals surface area contributed by atoms with Crippen molar-refractivity contribution >= 4 is 23.4 Å². The zero-order valence-electron chi connectivity index (χ0n) is 18.4. The standard InChI is InChI=1S/C28H21NO5/c1-16-11-13-18(14-12-16)23-21-22(27(33)29(26(21)32)15-17-7-3-2-4-8-17)28(34-23)24(30)19-9-5-6-10-20(19)25(28)31/h2-14,21-23H,15H2,1H3/t21-,22+,23+/m0/s1. The van der Waals surface area contributed by atoms with Gasteiger partial charge in [-0.2, -0.15) is 0 Å². The number of likely N-dealkylation sites (tertiary alicyclic amines) is 1. The fraction of sp³-hybridized carbons (Fsp3) is 0.214. The highest BCUT2D eigenvalue weighted by molar-refractivity contribution is 6.35. The van der Waals surface area contributed by atoms with Crippen LogP contribution in [0.2, 0.25) is 0 Å². The van der Waals surface area contributed by atoms with E-state index in [1.807, 2.05) is 61.5 Å². The quantitative estimate of drug-likeness (QED) is 0.448. The van der Waals surface area contributed by atoms with Gasteiger partial charge in [-0.3, -0.25) is 24.1 Å². The van der Waals surface area contributed by atoms with Crippen LogP contribution in [0, 0.1) is 18.8 Å². The van der Waals surface area contributed by atoms with Crippen molar-refractivity contribution in [3.63, 3.8) is 0 Å². The lowest BCUT2D eigenvalue weighted by Crippen LogP contribution is -2.50. The molecule has 34 heavy (non-hydrogen) atoms. The van der Waals surface area contributed by atoms with Gasteiger partial charge >= 0.3 is 0 Å². The molecule has 0 unspecified atom stereocenters. The van der Waals surface area contributed by atoms with Gasteiger partial charge in [-0.15, -0.1) is 0 Å². The highest BCUT2D eigenvalue weighted by Crippen LogP contribution is 2.57. The zero-order valence-corrected chi connectivity index (χ0v) is 18.4. The summed E-state index contributed by atoms with van der Waals surface area (Å²) in [7, 11) is 0. The molecule has 2 fully saturated rings. The second-order valence-corrected chi connectivity index (χ2v) is 9.14. The summed E-state index contributed by atoms with van der Waals surface area (Å²) >= 11 is 0. The molecule has 1 aliphatic carbocycles. The van der Waals surface area contributed by atoms with Crippen LogP contribution in [-0.2, 0) is 20.9 Å². The topological polar surface area (TPSA) is 80.8 Å². The molecule has 6 heteroatoms. The summed E-state index contributed by atoms with van der Waals surface area (Å²) in [6.07, 6.45) is -0.884. The fourth-order valence-electron chi connectivity index (χ4n) is 5.56. The molecule has 0 aromatic heterocycles. The first-order valence-corrected chi connectivity index (χ1v) is 11.3. The van der Waals surface area contributed by atoms with Crippen molar-refractivity contribution in [2.45, 2.75) is 25.2 Å². The van der Waals surface area contributed by atoms with Crippen LogP contribution >= 0.6 is 0 Å². The Hall–Kier alpha value is -3.90. The third kappa shape index (κ3) is 2.66. The molecule has 0 bridgehead atoms. The van der Waals surface area contributed by atoms with E-state index in [0.717, 1.165) is 11.1 Å². The fourth-order valence-corrected chi connectivity index (χ4v) is 5.56. The first kappa shape index (κ1) is 20.7. The van der Waals surface area contributed by atoms with Crippen molar-refractivity contribution < 1.29 is 23.9 Å². The Labute approximate surface area is 196 Å². The van der Waals surface area contributed by atoms with Crippen LogP contribution in [0.25, 0.3) is 0 Å². The molecule has 0 N–H and O–H groups in total. The van der Waals surface area contributed by atoms with E-state index < -0.39 is 46.9 Å². The molecule has 168 valence electrons. The van der Waals surface area contributed by atoms with Crippen molar-refractivity contribution in [1.82, 2.24) is 4.90 Å². The molecule has 3 atom stereocenters. The first-order valence-electron chi connectivity index (χ1n) is 11.3. The molecule has 6 nitrogen and oxygen atoms in total. The van der Waals surface area contributed by atoms with Gasteiger partial charge in [0.25, 0.3) is 0 Å². The molecule has 3 aromatic carbocycles. The molecule has 2 saturated heterocycles. The lowest BCUT2D eigenvalue weighted by Gasteiger charge is -2.27. The van der Waals surface area contributed by atoms with Gasteiger partial charge in [0, 0.05) is 11.1 Å². The molecule has 0 radical (unpaired) electrons. The van der Waals surface area contributed by atoms with Gasteiger partial charge in [0.15, 0.2) is 0 Å². The number of Topliss-reactive ketones (excluding diaryl/α,β-unsaturated/α-hetero) is 2. The summed E-state index contributed by atoms with van der Waals surface area (Å²) in [5.41, 5.74) is 0.917. The number of benzene rings is 3. The summed E-state index contributed by atoms with van der Waals surface area (Å²) in [5, 5.41) is 0. The van der Waals surface area contributed by atoms with E-state index in [2.05, 4.69) is 0 Å². The van der Waals surface area contributed by atoms with Gasteiger partial charge in [-0.05, 0) is 18.1 Å². The molecule has 3 aliphatic rings. The molecule has 2 heterocycles. The minimum atomic E-state index is -2.03. The van der Waals surface area contributed by atoms with E-state index in [1.54, 1.807) is 24.3 Å². The number of imide groups is 1. The number of nitrogens with zero attached hydrogens (tertiary/aromatic N) is 1. The van der Waals surface area contributed by atoms with Crippen molar-refractivity contribution in [1.29, 1.82) is 0 Å². The van der Waals surface area contributed by atoms with Crippen molar-refractivity contribution in [2.24, 2.45) is 11.8 Å². The predicted octanol–water partition coefficient (Wildman–Crippen LogP) is 3.69. The van der Waals surface area contributed by atoms with Gasteiger partial charge in [0.1, 0.15) is 0 Å². The summed E-state index contributed by atoms with van der Waals surface area (Å²) < 4.78 is 6.28. The van der Waals surface area contributed by atoms with Crippen molar-refractivity contribution in [2.75, 3.05) is 0 Å². The summed E-state index contributed by atoms with van der Waals surface area (Å²) in [5.74, 6) is -4.20. The van der Waals surface area contributed by atoms with Crippen molar-refractivity contribution in [3.05, 3.63) is 107 Å². The lowest BCUT2D eigenvalue weighted by atomic mass is 9.77. The molecular weight excluding hydrogens is 430 g/mol.